The summed E-state index contributed by atoms with van der Waals surface area (Å²) < 4.78 is 2.14. The number of hydrogen-bond acceptors (Lipinski definition) is 3. The minimum atomic E-state index is 0.428. The molecule has 2 aromatic rings. The molecule has 4 nitrogen and oxygen atoms in total. The summed E-state index contributed by atoms with van der Waals surface area (Å²) in [4.78, 5) is 8.61. The summed E-state index contributed by atoms with van der Waals surface area (Å²) in [5.74, 6) is 0. The number of imidazole rings is 1. The predicted octanol–water partition coefficient (Wildman–Crippen LogP) is 2.00. The van der Waals surface area contributed by atoms with Crippen molar-refractivity contribution in [3.63, 3.8) is 0 Å². The number of rotatable bonds is 2. The molecular formula is C13H16N4. The van der Waals surface area contributed by atoms with Crippen molar-refractivity contribution < 1.29 is 0 Å². The van der Waals surface area contributed by atoms with Gasteiger partial charge in [-0.25, -0.2) is 4.98 Å². The smallest absolute Gasteiger partial charge is 0.0995 e. The fourth-order valence-electron chi connectivity index (χ4n) is 2.43. The summed E-state index contributed by atoms with van der Waals surface area (Å²) in [5.41, 5.74) is 3.39. The molecule has 0 aromatic carbocycles. The van der Waals surface area contributed by atoms with Crippen molar-refractivity contribution in [2.45, 2.75) is 25.8 Å². The number of hydrogen-bond donors (Lipinski definition) is 1. The first-order valence-corrected chi connectivity index (χ1v) is 6.04. The minimum Gasteiger partial charge on any atom is -0.309 e. The SMILES string of the molecule is Cc1ncccc1-n1cncc1C1CCCN1. The topological polar surface area (TPSA) is 42.7 Å². The van der Waals surface area contributed by atoms with Gasteiger partial charge in [-0.15, -0.1) is 0 Å². The predicted molar refractivity (Wildman–Crippen MR) is 66.1 cm³/mol. The summed E-state index contributed by atoms with van der Waals surface area (Å²) in [6, 6.07) is 4.48. The van der Waals surface area contributed by atoms with Crippen LogP contribution >= 0.6 is 0 Å². The van der Waals surface area contributed by atoms with Crippen LogP contribution in [0.4, 0.5) is 0 Å². The molecule has 1 fully saturated rings. The Kier molecular flexibility index (Phi) is 2.65. The van der Waals surface area contributed by atoms with Crippen LogP contribution in [0.1, 0.15) is 30.3 Å². The number of nitrogens with one attached hydrogen (secondary N) is 1. The van der Waals surface area contributed by atoms with Crippen molar-refractivity contribution in [1.29, 1.82) is 0 Å². The molecule has 3 heterocycles. The van der Waals surface area contributed by atoms with Gasteiger partial charge in [-0.05, 0) is 38.4 Å². The average molecular weight is 228 g/mol. The van der Waals surface area contributed by atoms with Crippen molar-refractivity contribution in [2.75, 3.05) is 6.54 Å². The zero-order valence-electron chi connectivity index (χ0n) is 9.93. The summed E-state index contributed by atoms with van der Waals surface area (Å²) in [5, 5.41) is 3.51. The molecule has 3 rings (SSSR count). The van der Waals surface area contributed by atoms with Crippen LogP contribution in [-0.4, -0.2) is 21.1 Å². The third kappa shape index (κ3) is 1.85. The van der Waals surface area contributed by atoms with Gasteiger partial charge >= 0.3 is 0 Å². The van der Waals surface area contributed by atoms with Gasteiger partial charge in [0.05, 0.1) is 29.6 Å². The Morgan fingerprint density at radius 1 is 1.47 bits per heavy atom. The summed E-state index contributed by atoms with van der Waals surface area (Å²) in [6.07, 6.45) is 8.07. The van der Waals surface area contributed by atoms with Gasteiger partial charge in [-0.1, -0.05) is 0 Å². The molecule has 2 aromatic heterocycles. The number of nitrogens with zero attached hydrogens (tertiary/aromatic N) is 3. The molecule has 0 aliphatic carbocycles. The minimum absolute atomic E-state index is 0.428. The van der Waals surface area contributed by atoms with Gasteiger partial charge in [-0.2, -0.15) is 0 Å². The van der Waals surface area contributed by atoms with Crippen LogP contribution in [0.25, 0.3) is 5.69 Å². The Balaban J connectivity index is 2.04. The van der Waals surface area contributed by atoms with Gasteiger partial charge in [0, 0.05) is 12.2 Å². The van der Waals surface area contributed by atoms with E-state index >= 15 is 0 Å². The standard InChI is InChI=1S/C13H16N4/c1-10-12(5-3-6-15-10)17-9-14-8-13(17)11-4-2-7-16-11/h3,5-6,8-9,11,16H,2,4,7H2,1H3. The second-order valence-corrected chi connectivity index (χ2v) is 4.45. The lowest BCUT2D eigenvalue weighted by Crippen LogP contribution is -2.16. The molecule has 1 aliphatic rings. The monoisotopic (exact) mass is 228 g/mol. The van der Waals surface area contributed by atoms with Gasteiger partial charge in [0.25, 0.3) is 0 Å². The first-order chi connectivity index (χ1) is 8.36. The van der Waals surface area contributed by atoms with Crippen molar-refractivity contribution in [1.82, 2.24) is 19.9 Å². The van der Waals surface area contributed by atoms with Gasteiger partial charge in [0.1, 0.15) is 0 Å². The summed E-state index contributed by atoms with van der Waals surface area (Å²) >= 11 is 0. The van der Waals surface area contributed by atoms with E-state index in [1.54, 1.807) is 0 Å². The molecular weight excluding hydrogens is 212 g/mol. The Hall–Kier alpha value is -1.68. The molecule has 0 saturated carbocycles. The maximum absolute atomic E-state index is 4.33. The van der Waals surface area contributed by atoms with E-state index in [0.29, 0.717) is 6.04 Å². The van der Waals surface area contributed by atoms with Crippen LogP contribution in [0.15, 0.2) is 30.9 Å². The fourth-order valence-corrected chi connectivity index (χ4v) is 2.43. The number of pyridine rings is 1. The highest BCUT2D eigenvalue weighted by Gasteiger charge is 2.20. The molecule has 0 bridgehead atoms. The number of aryl methyl sites for hydroxylation is 1. The molecule has 1 aliphatic heterocycles. The van der Waals surface area contributed by atoms with Crippen LogP contribution in [0.5, 0.6) is 0 Å². The molecule has 0 radical (unpaired) electrons. The third-order valence-corrected chi connectivity index (χ3v) is 3.32. The van der Waals surface area contributed by atoms with Gasteiger partial charge < -0.3 is 5.32 Å². The highest BCUT2D eigenvalue weighted by Crippen LogP contribution is 2.25. The Labute approximate surface area is 101 Å². The van der Waals surface area contributed by atoms with Crippen molar-refractivity contribution in [3.05, 3.63) is 42.2 Å². The van der Waals surface area contributed by atoms with Crippen LogP contribution in [0.2, 0.25) is 0 Å². The van der Waals surface area contributed by atoms with Crippen LogP contribution in [0, 0.1) is 6.92 Å². The van der Waals surface area contributed by atoms with Gasteiger partial charge in [0.2, 0.25) is 0 Å². The van der Waals surface area contributed by atoms with Crippen LogP contribution in [-0.2, 0) is 0 Å². The van der Waals surface area contributed by atoms with E-state index in [0.717, 1.165) is 17.9 Å². The molecule has 17 heavy (non-hydrogen) atoms. The lowest BCUT2D eigenvalue weighted by molar-refractivity contribution is 0.614. The Morgan fingerprint density at radius 3 is 3.18 bits per heavy atom. The van der Waals surface area contributed by atoms with Crippen LogP contribution < -0.4 is 5.32 Å². The van der Waals surface area contributed by atoms with E-state index in [-0.39, 0.29) is 0 Å². The molecule has 0 spiro atoms. The van der Waals surface area contributed by atoms with E-state index in [4.69, 9.17) is 0 Å². The highest BCUT2D eigenvalue weighted by molar-refractivity contribution is 5.37. The van der Waals surface area contributed by atoms with Gasteiger partial charge in [0.15, 0.2) is 0 Å². The molecule has 1 saturated heterocycles. The highest BCUT2D eigenvalue weighted by atomic mass is 15.1. The van der Waals surface area contributed by atoms with Crippen molar-refractivity contribution >= 4 is 0 Å². The van der Waals surface area contributed by atoms with E-state index in [1.165, 1.54) is 18.5 Å². The normalized spacial score (nSPS) is 19.7. The Bertz CT molecular complexity index is 512. The number of aromatic nitrogens is 3. The molecule has 1 N–H and O–H groups in total. The molecule has 1 atom stereocenters. The summed E-state index contributed by atoms with van der Waals surface area (Å²) in [6.45, 7) is 3.13. The zero-order valence-corrected chi connectivity index (χ0v) is 9.93. The van der Waals surface area contributed by atoms with Crippen LogP contribution in [0.3, 0.4) is 0 Å². The second kappa shape index (κ2) is 4.30. The average Bonchev–Trinajstić information content (AvgIpc) is 3.00. The zero-order chi connectivity index (χ0) is 11.7. The molecule has 1 unspecified atom stereocenters. The lowest BCUT2D eigenvalue weighted by Gasteiger charge is -2.14. The van der Waals surface area contributed by atoms with E-state index in [2.05, 4.69) is 25.9 Å². The van der Waals surface area contributed by atoms with Crippen molar-refractivity contribution in [3.8, 4) is 5.69 Å². The summed E-state index contributed by atoms with van der Waals surface area (Å²) in [7, 11) is 0. The molecule has 88 valence electrons. The first-order valence-electron chi connectivity index (χ1n) is 6.04. The third-order valence-electron chi connectivity index (χ3n) is 3.32. The van der Waals surface area contributed by atoms with E-state index in [9.17, 15) is 0 Å². The maximum atomic E-state index is 4.33. The Morgan fingerprint density at radius 2 is 2.41 bits per heavy atom. The van der Waals surface area contributed by atoms with Gasteiger partial charge in [-0.3, -0.25) is 9.55 Å². The maximum Gasteiger partial charge on any atom is 0.0995 e. The largest absolute Gasteiger partial charge is 0.309 e. The second-order valence-electron chi connectivity index (χ2n) is 4.45. The fraction of sp³-hybridized carbons (Fsp3) is 0.385. The van der Waals surface area contributed by atoms with E-state index < -0.39 is 0 Å². The first kappa shape index (κ1) is 10.5. The lowest BCUT2D eigenvalue weighted by atomic mass is 10.1. The van der Waals surface area contributed by atoms with Crippen molar-refractivity contribution in [2.24, 2.45) is 0 Å². The quantitative estimate of drug-likeness (QED) is 0.855. The molecule has 0 amide bonds. The van der Waals surface area contributed by atoms with E-state index in [1.807, 2.05) is 31.7 Å². The molecule has 4 heteroatoms.